The monoisotopic (exact) mass is 361 g/mol. The molecule has 134 valence electrons. The highest BCUT2D eigenvalue weighted by Crippen LogP contribution is 2.21. The van der Waals surface area contributed by atoms with E-state index in [0.29, 0.717) is 12.8 Å². The molecule has 0 aliphatic carbocycles. The third-order valence-corrected chi connectivity index (χ3v) is 6.01. The Bertz CT molecular complexity index is 761. The van der Waals surface area contributed by atoms with Gasteiger partial charge in [-0.3, -0.25) is 9.63 Å². The topological polar surface area (TPSA) is 72.5 Å². The lowest BCUT2D eigenvalue weighted by molar-refractivity contribution is -0.134. The van der Waals surface area contributed by atoms with Gasteiger partial charge in [-0.1, -0.05) is 61.9 Å². The second-order valence-corrected chi connectivity index (χ2v) is 8.00. The summed E-state index contributed by atoms with van der Waals surface area (Å²) < 4.78 is 25.5. The van der Waals surface area contributed by atoms with E-state index in [1.807, 2.05) is 37.3 Å². The number of benzene rings is 2. The van der Waals surface area contributed by atoms with Gasteiger partial charge in [-0.15, -0.1) is 0 Å². The fourth-order valence-electron chi connectivity index (χ4n) is 2.51. The summed E-state index contributed by atoms with van der Waals surface area (Å²) in [7, 11) is -3.55. The third-order valence-electron chi connectivity index (χ3n) is 3.80. The largest absolute Gasteiger partial charge is 0.273 e. The van der Waals surface area contributed by atoms with Crippen molar-refractivity contribution in [3.05, 3.63) is 66.2 Å². The zero-order valence-electron chi connectivity index (χ0n) is 14.2. The van der Waals surface area contributed by atoms with Crippen molar-refractivity contribution in [1.29, 1.82) is 0 Å². The van der Waals surface area contributed by atoms with Gasteiger partial charge in [-0.25, -0.2) is 13.9 Å². The number of hydroxylamine groups is 1. The van der Waals surface area contributed by atoms with E-state index >= 15 is 0 Å². The van der Waals surface area contributed by atoms with Gasteiger partial charge in [0.15, 0.2) is 9.84 Å². The molecular weight excluding hydrogens is 338 g/mol. The Morgan fingerprint density at radius 2 is 1.64 bits per heavy atom. The highest BCUT2D eigenvalue weighted by Gasteiger charge is 2.28. The molecule has 0 aliphatic rings. The molecule has 2 aromatic carbocycles. The molecule has 0 bridgehead atoms. The maximum atomic E-state index is 12.7. The normalized spacial score (nSPS) is 12.5. The number of carbonyl (C=O) groups is 1. The zero-order valence-corrected chi connectivity index (χ0v) is 15.0. The SMILES string of the molecule is CCCC(CC(=O)NOCc1ccccc1)S(=O)(=O)c1ccccc1. The van der Waals surface area contributed by atoms with Crippen molar-refractivity contribution in [2.75, 3.05) is 0 Å². The first-order valence-corrected chi connectivity index (χ1v) is 9.82. The molecule has 5 nitrogen and oxygen atoms in total. The van der Waals surface area contributed by atoms with E-state index in [2.05, 4.69) is 5.48 Å². The van der Waals surface area contributed by atoms with Crippen molar-refractivity contribution in [3.8, 4) is 0 Å². The molecule has 0 fully saturated rings. The molecule has 2 rings (SSSR count). The van der Waals surface area contributed by atoms with E-state index in [9.17, 15) is 13.2 Å². The molecule has 0 aliphatic heterocycles. The predicted octanol–water partition coefficient (Wildman–Crippen LogP) is 3.27. The smallest absolute Gasteiger partial charge is 0.244 e. The summed E-state index contributed by atoms with van der Waals surface area (Å²) in [6, 6.07) is 17.7. The van der Waals surface area contributed by atoms with Gasteiger partial charge in [0.1, 0.15) is 0 Å². The highest BCUT2D eigenvalue weighted by atomic mass is 32.2. The van der Waals surface area contributed by atoms with Crippen LogP contribution in [-0.2, 0) is 26.1 Å². The molecule has 25 heavy (non-hydrogen) atoms. The summed E-state index contributed by atoms with van der Waals surface area (Å²) in [5, 5.41) is -0.764. The first-order valence-electron chi connectivity index (χ1n) is 8.27. The van der Waals surface area contributed by atoms with Crippen molar-refractivity contribution >= 4 is 15.7 Å². The summed E-state index contributed by atoms with van der Waals surface area (Å²) in [6.45, 7) is 2.13. The van der Waals surface area contributed by atoms with Crippen molar-refractivity contribution < 1.29 is 18.0 Å². The van der Waals surface area contributed by atoms with Crippen molar-refractivity contribution in [2.45, 2.75) is 42.9 Å². The summed E-state index contributed by atoms with van der Waals surface area (Å²) >= 11 is 0. The molecule has 1 atom stereocenters. The molecule has 2 aromatic rings. The van der Waals surface area contributed by atoms with Crippen LogP contribution in [0.5, 0.6) is 0 Å². The summed E-state index contributed by atoms with van der Waals surface area (Å²) in [6.07, 6.45) is 0.970. The molecule has 1 amide bonds. The fraction of sp³-hybridized carbons (Fsp3) is 0.316. The lowest BCUT2D eigenvalue weighted by atomic mass is 10.2. The molecule has 0 saturated carbocycles. The highest BCUT2D eigenvalue weighted by molar-refractivity contribution is 7.92. The molecule has 6 heteroatoms. The number of rotatable bonds is 9. The second-order valence-electron chi connectivity index (χ2n) is 5.77. The van der Waals surface area contributed by atoms with Gasteiger partial charge in [0.05, 0.1) is 16.8 Å². The van der Waals surface area contributed by atoms with Crippen LogP contribution in [0.3, 0.4) is 0 Å². The van der Waals surface area contributed by atoms with Crippen molar-refractivity contribution in [3.63, 3.8) is 0 Å². The van der Waals surface area contributed by atoms with Crippen LogP contribution in [0.4, 0.5) is 0 Å². The van der Waals surface area contributed by atoms with Gasteiger partial charge in [0, 0.05) is 6.42 Å². The maximum Gasteiger partial charge on any atom is 0.244 e. The number of hydrogen-bond donors (Lipinski definition) is 1. The van der Waals surface area contributed by atoms with Crippen LogP contribution in [0, 0.1) is 0 Å². The van der Waals surface area contributed by atoms with Crippen molar-refractivity contribution in [1.82, 2.24) is 5.48 Å². The minimum atomic E-state index is -3.55. The number of carbonyl (C=O) groups excluding carboxylic acids is 1. The molecule has 1 unspecified atom stereocenters. The molecule has 0 saturated heterocycles. The van der Waals surface area contributed by atoms with Crippen LogP contribution in [-0.4, -0.2) is 19.6 Å². The first-order chi connectivity index (χ1) is 12.0. The quantitative estimate of drug-likeness (QED) is 0.696. The van der Waals surface area contributed by atoms with Crippen LogP contribution in [0.2, 0.25) is 0 Å². The lowest BCUT2D eigenvalue weighted by Gasteiger charge is -2.17. The Labute approximate surface area is 148 Å². The van der Waals surface area contributed by atoms with Crippen molar-refractivity contribution in [2.24, 2.45) is 0 Å². The number of amides is 1. The van der Waals surface area contributed by atoms with E-state index in [0.717, 1.165) is 5.56 Å². The van der Waals surface area contributed by atoms with E-state index in [1.54, 1.807) is 30.3 Å². The Morgan fingerprint density at radius 1 is 1.04 bits per heavy atom. The molecule has 0 spiro atoms. The second kappa shape index (κ2) is 9.34. The van der Waals surface area contributed by atoms with Gasteiger partial charge in [-0.05, 0) is 24.1 Å². The first kappa shape index (κ1) is 19.1. The summed E-state index contributed by atoms with van der Waals surface area (Å²) in [5.74, 6) is -0.436. The molecule has 0 aromatic heterocycles. The molecule has 0 heterocycles. The lowest BCUT2D eigenvalue weighted by Crippen LogP contribution is -2.31. The minimum Gasteiger partial charge on any atom is -0.273 e. The summed E-state index contributed by atoms with van der Waals surface area (Å²) in [5.41, 5.74) is 3.26. The van der Waals surface area contributed by atoms with Gasteiger partial charge in [0.25, 0.3) is 0 Å². The molecular formula is C19H23NO4S. The van der Waals surface area contributed by atoms with Gasteiger partial charge >= 0.3 is 0 Å². The van der Waals surface area contributed by atoms with Crippen LogP contribution in [0.15, 0.2) is 65.6 Å². The van der Waals surface area contributed by atoms with Crippen LogP contribution < -0.4 is 5.48 Å². The number of sulfone groups is 1. The van der Waals surface area contributed by atoms with E-state index in [-0.39, 0.29) is 17.9 Å². The van der Waals surface area contributed by atoms with Crippen LogP contribution in [0.1, 0.15) is 31.7 Å². The van der Waals surface area contributed by atoms with E-state index in [4.69, 9.17) is 4.84 Å². The summed E-state index contributed by atoms with van der Waals surface area (Å²) in [4.78, 5) is 17.5. The Kier molecular flexibility index (Phi) is 7.16. The standard InChI is InChI=1S/C19H23NO4S/c1-2-9-18(25(22,23)17-12-7-4-8-13-17)14-19(21)20-24-15-16-10-5-3-6-11-16/h3-8,10-13,18H,2,9,14-15H2,1H3,(H,20,21). The van der Waals surface area contributed by atoms with Gasteiger partial charge in [-0.2, -0.15) is 0 Å². The van der Waals surface area contributed by atoms with Crippen LogP contribution >= 0.6 is 0 Å². The molecule has 0 radical (unpaired) electrons. The Morgan fingerprint density at radius 3 is 2.24 bits per heavy atom. The third kappa shape index (κ3) is 5.69. The Hall–Kier alpha value is -2.18. The minimum absolute atomic E-state index is 0.125. The fourth-order valence-corrected chi connectivity index (χ4v) is 4.35. The average Bonchev–Trinajstić information content (AvgIpc) is 2.63. The van der Waals surface area contributed by atoms with Crippen LogP contribution in [0.25, 0.3) is 0 Å². The predicted molar refractivity (Wildman–Crippen MR) is 96.3 cm³/mol. The average molecular weight is 361 g/mol. The van der Waals surface area contributed by atoms with Gasteiger partial charge in [0.2, 0.25) is 5.91 Å². The maximum absolute atomic E-state index is 12.7. The Balaban J connectivity index is 1.95. The number of hydrogen-bond acceptors (Lipinski definition) is 4. The zero-order chi connectivity index (χ0) is 18.1. The van der Waals surface area contributed by atoms with E-state index < -0.39 is 21.0 Å². The molecule has 1 N–H and O–H groups in total. The van der Waals surface area contributed by atoms with Gasteiger partial charge < -0.3 is 0 Å². The van der Waals surface area contributed by atoms with E-state index in [1.165, 1.54) is 0 Å². The number of nitrogens with one attached hydrogen (secondary N) is 1.